The van der Waals surface area contributed by atoms with Gasteiger partial charge in [-0.15, -0.1) is 0 Å². The maximum atomic E-state index is 5.96. The summed E-state index contributed by atoms with van der Waals surface area (Å²) in [5.74, 6) is 1.61. The van der Waals surface area contributed by atoms with Crippen LogP contribution in [0.5, 0.6) is 11.5 Å². The van der Waals surface area contributed by atoms with Crippen molar-refractivity contribution in [2.45, 2.75) is 33.2 Å². The Morgan fingerprint density at radius 2 is 2.09 bits per heavy atom. The lowest BCUT2D eigenvalue weighted by Gasteiger charge is -2.25. The largest absolute Gasteiger partial charge is 0.492 e. The molecule has 1 atom stereocenters. The van der Waals surface area contributed by atoms with E-state index in [2.05, 4.69) is 41.7 Å². The molecule has 0 saturated heterocycles. The predicted molar refractivity (Wildman–Crippen MR) is 92.5 cm³/mol. The molecule has 0 radical (unpaired) electrons. The molecule has 2 rings (SSSR count). The quantitative estimate of drug-likeness (QED) is 0.733. The van der Waals surface area contributed by atoms with Gasteiger partial charge in [0.2, 0.25) is 0 Å². The van der Waals surface area contributed by atoms with Crippen molar-refractivity contribution in [1.29, 1.82) is 0 Å². The van der Waals surface area contributed by atoms with E-state index >= 15 is 0 Å². The molecule has 1 aliphatic rings. The summed E-state index contributed by atoms with van der Waals surface area (Å²) >= 11 is 3.55. The van der Waals surface area contributed by atoms with Crippen LogP contribution in [-0.2, 0) is 4.74 Å². The van der Waals surface area contributed by atoms with Gasteiger partial charge in [0, 0.05) is 38.0 Å². The predicted octanol–water partition coefficient (Wildman–Crippen LogP) is 4.09. The highest BCUT2D eigenvalue weighted by atomic mass is 79.9. The summed E-state index contributed by atoms with van der Waals surface area (Å²) < 4.78 is 17.7. The first-order chi connectivity index (χ1) is 10.4. The molecule has 22 heavy (non-hydrogen) atoms. The molecule has 1 aliphatic heterocycles. The molecule has 1 heterocycles. The summed E-state index contributed by atoms with van der Waals surface area (Å²) in [5.41, 5.74) is 1.05. The van der Waals surface area contributed by atoms with Crippen molar-refractivity contribution in [1.82, 2.24) is 0 Å². The number of hydrogen-bond donors (Lipinski definition) is 0. The summed E-state index contributed by atoms with van der Waals surface area (Å²) in [6.07, 6.45) is 2.76. The summed E-state index contributed by atoms with van der Waals surface area (Å²) in [5, 5.41) is 0. The number of nitrogens with zero attached hydrogens (tertiary/aromatic N) is 1. The van der Waals surface area contributed by atoms with Crippen LogP contribution in [0, 0.1) is 5.41 Å². The van der Waals surface area contributed by atoms with Gasteiger partial charge in [0.25, 0.3) is 0 Å². The molecule has 5 heteroatoms. The molecular formula is C17H24BrNO3. The molecule has 0 aromatic heterocycles. The Bertz CT molecular complexity index is 537. The number of aliphatic imine (C=N–C) groups is 1. The van der Waals surface area contributed by atoms with Crippen molar-refractivity contribution in [2.75, 3.05) is 26.9 Å². The van der Waals surface area contributed by atoms with Gasteiger partial charge < -0.3 is 14.2 Å². The summed E-state index contributed by atoms with van der Waals surface area (Å²) in [7, 11) is 1.69. The van der Waals surface area contributed by atoms with Crippen molar-refractivity contribution in [3.05, 3.63) is 22.2 Å². The number of fused-ring (bicyclic) bond motifs is 1. The third kappa shape index (κ3) is 4.46. The van der Waals surface area contributed by atoms with Gasteiger partial charge in [-0.1, -0.05) is 20.8 Å². The van der Waals surface area contributed by atoms with Gasteiger partial charge in [0.05, 0.1) is 17.1 Å². The molecule has 0 spiro atoms. The highest BCUT2D eigenvalue weighted by molar-refractivity contribution is 9.10. The van der Waals surface area contributed by atoms with Crippen molar-refractivity contribution < 1.29 is 14.2 Å². The fraction of sp³-hybridized carbons (Fsp3) is 0.588. The Morgan fingerprint density at radius 1 is 1.32 bits per heavy atom. The second-order valence-corrected chi connectivity index (χ2v) is 7.34. The molecule has 0 fully saturated rings. The van der Waals surface area contributed by atoms with Gasteiger partial charge in [-0.05, 0) is 27.4 Å². The van der Waals surface area contributed by atoms with Crippen LogP contribution in [0.3, 0.4) is 0 Å². The number of hydrogen-bond acceptors (Lipinski definition) is 4. The van der Waals surface area contributed by atoms with E-state index in [-0.39, 0.29) is 11.5 Å². The standard InChI is InChI=1S/C17H24BrNO3/c1-17(2,3)16-11-22-14-9-15(21-7-5-6-20-4)13(18)8-12(14)10-19-16/h8-10,16H,5-7,11H2,1-4H3/t16-/m0/s1. The molecule has 0 aliphatic carbocycles. The SMILES string of the molecule is COCCCOc1cc2c(cc1Br)C=N[C@H](C(C)(C)C)CO2. The lowest BCUT2D eigenvalue weighted by Crippen LogP contribution is -2.29. The highest BCUT2D eigenvalue weighted by Gasteiger charge is 2.26. The maximum absolute atomic E-state index is 5.96. The molecule has 0 unspecified atom stereocenters. The van der Waals surface area contributed by atoms with Crippen LogP contribution in [0.15, 0.2) is 21.6 Å². The number of benzene rings is 1. The molecule has 122 valence electrons. The third-order valence-corrected chi connectivity index (χ3v) is 4.22. The highest BCUT2D eigenvalue weighted by Crippen LogP contribution is 2.35. The minimum atomic E-state index is 0.0786. The van der Waals surface area contributed by atoms with Crippen LogP contribution in [0.25, 0.3) is 0 Å². The van der Waals surface area contributed by atoms with Gasteiger partial charge >= 0.3 is 0 Å². The van der Waals surface area contributed by atoms with E-state index in [9.17, 15) is 0 Å². The number of halogens is 1. The maximum Gasteiger partial charge on any atom is 0.137 e. The van der Waals surface area contributed by atoms with Crippen LogP contribution in [0.1, 0.15) is 32.8 Å². The molecule has 0 saturated carbocycles. The summed E-state index contributed by atoms with van der Waals surface area (Å²) in [6, 6.07) is 4.07. The average molecular weight is 370 g/mol. The topological polar surface area (TPSA) is 40.0 Å². The monoisotopic (exact) mass is 369 g/mol. The van der Waals surface area contributed by atoms with Crippen LogP contribution in [0.2, 0.25) is 0 Å². The minimum Gasteiger partial charge on any atom is -0.492 e. The lowest BCUT2D eigenvalue weighted by molar-refractivity contribution is 0.171. The minimum absolute atomic E-state index is 0.0786. The Labute approximate surface area is 141 Å². The van der Waals surface area contributed by atoms with Crippen LogP contribution in [-0.4, -0.2) is 39.2 Å². The fourth-order valence-electron chi connectivity index (χ4n) is 2.13. The molecule has 0 bridgehead atoms. The van der Waals surface area contributed by atoms with Gasteiger partial charge in [-0.25, -0.2) is 0 Å². The van der Waals surface area contributed by atoms with Gasteiger partial charge in [0.1, 0.15) is 18.1 Å². The van der Waals surface area contributed by atoms with Crippen molar-refractivity contribution in [3.8, 4) is 11.5 Å². The summed E-state index contributed by atoms with van der Waals surface area (Å²) in [6.45, 7) is 8.42. The number of methoxy groups -OCH3 is 1. The van der Waals surface area contributed by atoms with Gasteiger partial charge in [-0.2, -0.15) is 0 Å². The molecule has 1 aromatic rings. The van der Waals surface area contributed by atoms with Gasteiger partial charge in [0.15, 0.2) is 0 Å². The van der Waals surface area contributed by atoms with E-state index in [0.717, 1.165) is 28.0 Å². The van der Waals surface area contributed by atoms with Gasteiger partial charge in [-0.3, -0.25) is 4.99 Å². The van der Waals surface area contributed by atoms with Crippen LogP contribution >= 0.6 is 15.9 Å². The third-order valence-electron chi connectivity index (χ3n) is 3.60. The fourth-order valence-corrected chi connectivity index (χ4v) is 2.60. The number of ether oxygens (including phenoxy) is 3. The zero-order chi connectivity index (χ0) is 16.2. The van der Waals surface area contributed by atoms with Crippen molar-refractivity contribution >= 4 is 22.1 Å². The van der Waals surface area contributed by atoms with Crippen LogP contribution < -0.4 is 9.47 Å². The molecule has 4 nitrogen and oxygen atoms in total. The van der Waals surface area contributed by atoms with E-state index < -0.39 is 0 Å². The first kappa shape index (κ1) is 17.3. The molecule has 0 amide bonds. The van der Waals surface area contributed by atoms with Crippen LogP contribution in [0.4, 0.5) is 0 Å². The molecule has 1 aromatic carbocycles. The van der Waals surface area contributed by atoms with Crippen molar-refractivity contribution in [3.63, 3.8) is 0 Å². The normalized spacial score (nSPS) is 17.6. The van der Waals surface area contributed by atoms with Crippen molar-refractivity contribution in [2.24, 2.45) is 10.4 Å². The Hall–Kier alpha value is -1.07. The first-order valence-electron chi connectivity index (χ1n) is 7.53. The Balaban J connectivity index is 2.11. The second kappa shape index (κ2) is 7.47. The lowest BCUT2D eigenvalue weighted by atomic mass is 9.88. The smallest absolute Gasteiger partial charge is 0.137 e. The summed E-state index contributed by atoms with van der Waals surface area (Å²) in [4.78, 5) is 4.66. The van der Waals surface area contributed by atoms with E-state index in [1.165, 1.54) is 0 Å². The van der Waals surface area contributed by atoms with E-state index in [1.54, 1.807) is 7.11 Å². The zero-order valence-electron chi connectivity index (χ0n) is 13.7. The van der Waals surface area contributed by atoms with E-state index in [1.807, 2.05) is 18.3 Å². The first-order valence-corrected chi connectivity index (χ1v) is 8.32. The Morgan fingerprint density at radius 3 is 2.77 bits per heavy atom. The number of rotatable bonds is 5. The van der Waals surface area contributed by atoms with E-state index in [0.29, 0.717) is 19.8 Å². The zero-order valence-corrected chi connectivity index (χ0v) is 15.3. The Kier molecular flexibility index (Phi) is 5.87. The molecule has 0 N–H and O–H groups in total. The van der Waals surface area contributed by atoms with E-state index in [4.69, 9.17) is 14.2 Å². The average Bonchev–Trinajstić information content (AvgIpc) is 2.65. The second-order valence-electron chi connectivity index (χ2n) is 6.49. The molecular weight excluding hydrogens is 346 g/mol.